The number of amides is 3. The largest absolute Gasteiger partial charge is 0.493 e. The summed E-state index contributed by atoms with van der Waals surface area (Å²) in [6.45, 7) is 6.30. The van der Waals surface area contributed by atoms with Gasteiger partial charge in [-0.15, -0.1) is 11.3 Å². The van der Waals surface area contributed by atoms with Gasteiger partial charge >= 0.3 is 6.03 Å². The van der Waals surface area contributed by atoms with Gasteiger partial charge in [-0.3, -0.25) is 4.79 Å². The predicted octanol–water partition coefficient (Wildman–Crippen LogP) is 3.20. The van der Waals surface area contributed by atoms with Crippen molar-refractivity contribution in [2.24, 2.45) is 11.5 Å². The molecule has 1 aliphatic rings. The number of nitrogens with two attached hydrogens (primary N) is 2. The molecule has 1 fully saturated rings. The van der Waals surface area contributed by atoms with E-state index in [1.165, 1.54) is 16.9 Å². The molecular formula is C34H47N5O7S. The number of primary amides is 2. The van der Waals surface area contributed by atoms with E-state index in [0.29, 0.717) is 62.4 Å². The zero-order valence-electron chi connectivity index (χ0n) is 26.7. The Labute approximate surface area is 280 Å². The van der Waals surface area contributed by atoms with Crippen molar-refractivity contribution in [1.82, 2.24) is 10.2 Å². The van der Waals surface area contributed by atoms with Crippen molar-refractivity contribution in [3.63, 3.8) is 0 Å². The number of anilines is 1. The molecule has 4 rings (SSSR count). The Morgan fingerprint density at radius 1 is 0.979 bits per heavy atom. The number of hydrogen-bond acceptors (Lipinski definition) is 10. The highest BCUT2D eigenvalue weighted by Gasteiger charge is 2.27. The summed E-state index contributed by atoms with van der Waals surface area (Å²) in [5.74, 6) is 0.970. The lowest BCUT2D eigenvalue weighted by Gasteiger charge is -2.33. The van der Waals surface area contributed by atoms with Crippen molar-refractivity contribution < 1.29 is 33.6 Å². The molecule has 2 heterocycles. The Balaban J connectivity index is 1.01. The topological polar surface area (TPSA) is 171 Å². The first-order chi connectivity index (χ1) is 22.9. The monoisotopic (exact) mass is 669 g/mol. The van der Waals surface area contributed by atoms with Gasteiger partial charge in [0, 0.05) is 38.7 Å². The number of ether oxygens (including phenoxy) is 4. The average molecular weight is 670 g/mol. The molecule has 0 unspecified atom stereocenters. The van der Waals surface area contributed by atoms with Gasteiger partial charge in [-0.05, 0) is 53.9 Å². The van der Waals surface area contributed by atoms with Crippen LogP contribution in [0.4, 0.5) is 10.5 Å². The van der Waals surface area contributed by atoms with Crippen LogP contribution in [0.5, 0.6) is 11.5 Å². The molecule has 1 aromatic heterocycles. The summed E-state index contributed by atoms with van der Waals surface area (Å²) in [4.78, 5) is 25.9. The quantitative estimate of drug-likeness (QED) is 0.107. The number of rotatable bonds is 21. The maximum absolute atomic E-state index is 11.8. The summed E-state index contributed by atoms with van der Waals surface area (Å²) < 4.78 is 23.0. The van der Waals surface area contributed by atoms with Crippen LogP contribution >= 0.6 is 11.3 Å². The number of piperidine rings is 1. The molecule has 3 amide bonds. The van der Waals surface area contributed by atoms with Crippen LogP contribution in [0.2, 0.25) is 0 Å². The second-order valence-electron chi connectivity index (χ2n) is 11.3. The molecule has 1 saturated heterocycles. The number of nitrogens with zero attached hydrogens (tertiary/aromatic N) is 1. The molecule has 13 heteroatoms. The SMILES string of the molecule is NC(=O)Nc1c([C@@H]2CCCN(CCOCCOCCNC[C@@H](O)COc3cccc(OCCc4ccccc4)c3)C2)csc1C(N)=O. The van der Waals surface area contributed by atoms with Gasteiger partial charge in [0.25, 0.3) is 5.91 Å². The lowest BCUT2D eigenvalue weighted by atomic mass is 9.91. The van der Waals surface area contributed by atoms with Gasteiger partial charge in [-0.2, -0.15) is 0 Å². The first-order valence-electron chi connectivity index (χ1n) is 16.0. The highest BCUT2D eigenvalue weighted by atomic mass is 32.1. The molecule has 0 spiro atoms. The Kier molecular flexibility index (Phi) is 15.2. The maximum atomic E-state index is 11.8. The van der Waals surface area contributed by atoms with Crippen LogP contribution in [-0.4, -0.2) is 100 Å². The van der Waals surface area contributed by atoms with Crippen LogP contribution in [0.15, 0.2) is 60.0 Å². The smallest absolute Gasteiger partial charge is 0.316 e. The van der Waals surface area contributed by atoms with Gasteiger partial charge in [0.15, 0.2) is 0 Å². The zero-order valence-corrected chi connectivity index (χ0v) is 27.6. The molecular weight excluding hydrogens is 622 g/mol. The van der Waals surface area contributed by atoms with Gasteiger partial charge in [0.2, 0.25) is 0 Å². The molecule has 12 nitrogen and oxygen atoms in total. The van der Waals surface area contributed by atoms with E-state index in [0.717, 1.165) is 50.2 Å². The summed E-state index contributed by atoms with van der Waals surface area (Å²) in [5.41, 5.74) is 13.4. The van der Waals surface area contributed by atoms with E-state index in [2.05, 4.69) is 27.7 Å². The number of aliphatic hydroxyl groups excluding tert-OH is 1. The van der Waals surface area contributed by atoms with Crippen LogP contribution in [0, 0.1) is 0 Å². The average Bonchev–Trinajstić information content (AvgIpc) is 3.48. The van der Waals surface area contributed by atoms with Crippen LogP contribution in [0.25, 0.3) is 0 Å². The summed E-state index contributed by atoms with van der Waals surface area (Å²) in [7, 11) is 0. The number of nitrogens with one attached hydrogen (secondary N) is 2. The van der Waals surface area contributed by atoms with E-state index in [1.54, 1.807) is 0 Å². The molecule has 0 aliphatic carbocycles. The number of urea groups is 1. The summed E-state index contributed by atoms with van der Waals surface area (Å²) >= 11 is 1.23. The van der Waals surface area contributed by atoms with E-state index in [1.807, 2.05) is 47.8 Å². The molecule has 2 aromatic carbocycles. The second-order valence-corrected chi connectivity index (χ2v) is 12.2. The van der Waals surface area contributed by atoms with E-state index >= 15 is 0 Å². The second kappa shape index (κ2) is 19.8. The third-order valence-electron chi connectivity index (χ3n) is 7.71. The normalized spacial score (nSPS) is 15.6. The fourth-order valence-corrected chi connectivity index (χ4v) is 6.34. The number of thiophene rings is 1. The zero-order chi connectivity index (χ0) is 33.3. The van der Waals surface area contributed by atoms with E-state index < -0.39 is 18.0 Å². The molecule has 1 aliphatic heterocycles. The molecule has 0 radical (unpaired) electrons. The van der Waals surface area contributed by atoms with Crippen LogP contribution in [0.3, 0.4) is 0 Å². The van der Waals surface area contributed by atoms with Gasteiger partial charge in [0.1, 0.15) is 29.1 Å². The fraction of sp³-hybridized carbons (Fsp3) is 0.471. The molecule has 7 N–H and O–H groups in total. The van der Waals surface area contributed by atoms with Crippen molar-refractivity contribution in [3.8, 4) is 11.5 Å². The van der Waals surface area contributed by atoms with Crippen LogP contribution in [0.1, 0.15) is 39.6 Å². The van der Waals surface area contributed by atoms with Crippen molar-refractivity contribution in [1.29, 1.82) is 0 Å². The van der Waals surface area contributed by atoms with Gasteiger partial charge in [0.05, 0.1) is 38.7 Å². The highest BCUT2D eigenvalue weighted by molar-refractivity contribution is 7.13. The van der Waals surface area contributed by atoms with Gasteiger partial charge in [-0.1, -0.05) is 36.4 Å². The lowest BCUT2D eigenvalue weighted by molar-refractivity contribution is 0.0354. The Morgan fingerprint density at radius 3 is 2.51 bits per heavy atom. The molecule has 256 valence electrons. The Hall–Kier alpha value is -3.72. The third kappa shape index (κ3) is 12.8. The fourth-order valence-electron chi connectivity index (χ4n) is 5.38. The number of benzene rings is 2. The third-order valence-corrected chi connectivity index (χ3v) is 8.73. The maximum Gasteiger partial charge on any atom is 0.316 e. The number of likely N-dealkylation sites (tertiary alicyclic amines) is 1. The van der Waals surface area contributed by atoms with Gasteiger partial charge in [-0.25, -0.2) is 4.79 Å². The number of carbonyl (C=O) groups is 2. The van der Waals surface area contributed by atoms with Crippen molar-refractivity contribution in [3.05, 3.63) is 76.0 Å². The van der Waals surface area contributed by atoms with Crippen LogP contribution < -0.4 is 31.6 Å². The molecule has 3 aromatic rings. The minimum absolute atomic E-state index is 0.164. The van der Waals surface area contributed by atoms with E-state index in [-0.39, 0.29) is 12.5 Å². The van der Waals surface area contributed by atoms with Crippen LogP contribution in [-0.2, 0) is 15.9 Å². The van der Waals surface area contributed by atoms with E-state index in [4.69, 9.17) is 30.4 Å². The number of carbonyl (C=O) groups excluding carboxylic acids is 2. The Morgan fingerprint density at radius 2 is 1.74 bits per heavy atom. The first kappa shape index (κ1) is 36.1. The predicted molar refractivity (Wildman–Crippen MR) is 183 cm³/mol. The summed E-state index contributed by atoms with van der Waals surface area (Å²) in [6.07, 6.45) is 2.11. The summed E-state index contributed by atoms with van der Waals surface area (Å²) in [6, 6.07) is 16.9. The minimum Gasteiger partial charge on any atom is -0.493 e. The van der Waals surface area contributed by atoms with Crippen molar-refractivity contribution >= 4 is 29.0 Å². The minimum atomic E-state index is -0.715. The van der Waals surface area contributed by atoms with E-state index in [9.17, 15) is 14.7 Å². The molecule has 2 atom stereocenters. The molecule has 47 heavy (non-hydrogen) atoms. The van der Waals surface area contributed by atoms with Crippen molar-refractivity contribution in [2.45, 2.75) is 31.3 Å². The molecule has 0 bridgehead atoms. The summed E-state index contributed by atoms with van der Waals surface area (Å²) in [5, 5.41) is 17.9. The molecule has 0 saturated carbocycles. The number of hydrogen-bond donors (Lipinski definition) is 5. The first-order valence-corrected chi connectivity index (χ1v) is 16.9. The van der Waals surface area contributed by atoms with Gasteiger partial charge < -0.3 is 51.1 Å². The lowest BCUT2D eigenvalue weighted by Crippen LogP contribution is -2.37. The standard InChI is InChI=1S/C34H47N5O7S/c35-33(41)32-31(38-34(36)42)30(24-47-32)26-8-5-13-39(22-26)14-17-44-19-18-43-16-12-37-21-27(40)23-46-29-10-4-9-28(20-29)45-15-11-25-6-2-1-3-7-25/h1-4,6-7,9-10,20,24,26-27,37,40H,5,8,11-19,21-23H2,(H2,35,41)(H3,36,38,42)/t26-,27-/m1/s1. The highest BCUT2D eigenvalue weighted by Crippen LogP contribution is 2.37. The number of aliphatic hydroxyl groups is 1. The van der Waals surface area contributed by atoms with Crippen molar-refractivity contribution in [2.75, 3.05) is 77.7 Å². The Bertz CT molecular complexity index is 1380.